The molecule has 4 fully saturated rings. The Hall–Kier alpha value is -4.30. The van der Waals surface area contributed by atoms with Crippen LogP contribution in [0.15, 0.2) is 103 Å². The van der Waals surface area contributed by atoms with Crippen molar-refractivity contribution >= 4 is 17.1 Å². The first-order chi connectivity index (χ1) is 28.4. The molecule has 53 heavy (non-hydrogen) atoms. The molecule has 2 heteroatoms. The van der Waals surface area contributed by atoms with Crippen LogP contribution < -0.4 is 9.64 Å². The second-order valence-corrected chi connectivity index (χ2v) is 19.1. The van der Waals surface area contributed by atoms with Gasteiger partial charge in [0.05, 0.1) is 9.60 Å². The summed E-state index contributed by atoms with van der Waals surface area (Å²) in [7, 11) is 0. The van der Waals surface area contributed by atoms with Crippen LogP contribution in [-0.2, 0) is 21.7 Å². The van der Waals surface area contributed by atoms with E-state index in [0.717, 1.165) is 47.6 Å². The maximum atomic E-state index is 10.2. The van der Waals surface area contributed by atoms with E-state index in [9.17, 15) is 4.11 Å². The lowest BCUT2D eigenvalue weighted by Gasteiger charge is -2.63. The highest BCUT2D eigenvalue weighted by atomic mass is 16.5. The minimum Gasteiger partial charge on any atom is -0.457 e. The second-order valence-electron chi connectivity index (χ2n) is 19.1. The Labute approximate surface area is 326 Å². The molecule has 0 amide bonds. The molecule has 0 N–H and O–H groups in total. The van der Waals surface area contributed by atoms with Crippen molar-refractivity contribution in [1.82, 2.24) is 0 Å². The quantitative estimate of drug-likeness (QED) is 0.186. The van der Waals surface area contributed by atoms with Gasteiger partial charge >= 0.3 is 0 Å². The van der Waals surface area contributed by atoms with Crippen molar-refractivity contribution in [3.05, 3.63) is 136 Å². The number of anilines is 3. The van der Waals surface area contributed by atoms with E-state index < -0.39 is 5.41 Å². The molecule has 0 unspecified atom stereocenters. The average molecular weight is 703 g/mol. The van der Waals surface area contributed by atoms with E-state index >= 15 is 0 Å². The smallest absolute Gasteiger partial charge is 0.131 e. The van der Waals surface area contributed by atoms with Crippen LogP contribution in [0, 0.1) is 23.7 Å². The number of hydrogen-bond donors (Lipinski definition) is 0. The fourth-order valence-corrected chi connectivity index (χ4v) is 12.4. The highest BCUT2D eigenvalue weighted by Gasteiger charge is 2.61. The minimum atomic E-state index is -1.04. The lowest BCUT2D eigenvalue weighted by atomic mass is 9.42. The number of para-hydroxylation sites is 1. The molecule has 12 rings (SSSR count). The van der Waals surface area contributed by atoms with E-state index in [-0.39, 0.29) is 75.4 Å². The Morgan fingerprint density at radius 3 is 1.94 bits per heavy atom. The van der Waals surface area contributed by atoms with Gasteiger partial charge in [-0.1, -0.05) is 96.0 Å². The number of ether oxygens (including phenoxy) is 1. The van der Waals surface area contributed by atoms with Gasteiger partial charge in [-0.2, -0.15) is 0 Å². The Bertz CT molecular complexity index is 2700. The summed E-state index contributed by atoms with van der Waals surface area (Å²) >= 11 is 0. The summed E-state index contributed by atoms with van der Waals surface area (Å²) in [6.45, 7) is 13.0. The molecule has 2 nitrogen and oxygen atoms in total. The van der Waals surface area contributed by atoms with Crippen LogP contribution in [-0.4, -0.2) is 0 Å². The van der Waals surface area contributed by atoms with Crippen molar-refractivity contribution in [2.45, 2.75) is 108 Å². The standard InChI is InChI=1S/C51H53NO/c1-48(2)21-22-49(3,4)44-29-36(16-19-41(44)48)52(35-15-18-39-38-11-7-8-12-40(38)50(5,6)43(39)28-35)37-17-20-47-45(30-37)51(42-13-9-10-14-46(42)53-47)33-24-31-23-32(26-33)27-34(51)25-31/h7-20,28-34H,21-27H2,1-6H3/i7D,8D,11D,12D,15D,18D,28D. The number of rotatable bonds is 3. The van der Waals surface area contributed by atoms with Gasteiger partial charge in [-0.25, -0.2) is 0 Å². The largest absolute Gasteiger partial charge is 0.457 e. The van der Waals surface area contributed by atoms with E-state index in [1.807, 2.05) is 18.7 Å². The summed E-state index contributed by atoms with van der Waals surface area (Å²) in [6, 6.07) is 20.4. The summed E-state index contributed by atoms with van der Waals surface area (Å²) in [5.41, 5.74) is 6.82. The molecule has 4 saturated carbocycles. The SMILES string of the molecule is [2H]c1c([2H])c([2H])c2c(c1[2H])-c1c([2H])c([2H])c(N(c3ccc4c(c3)C(C)(C)CCC4(C)C)c3ccc4c(c3)C3(c5ccccc5O4)C4CC5CC(C4)CC3C5)c([2H])c1C2(C)C. The van der Waals surface area contributed by atoms with Crippen molar-refractivity contribution in [1.29, 1.82) is 0 Å². The predicted molar refractivity (Wildman–Crippen MR) is 218 cm³/mol. The van der Waals surface area contributed by atoms with Crippen LogP contribution in [0.2, 0.25) is 0 Å². The first-order valence-corrected chi connectivity index (χ1v) is 20.0. The third kappa shape index (κ3) is 4.33. The van der Waals surface area contributed by atoms with Gasteiger partial charge in [-0.15, -0.1) is 0 Å². The third-order valence-electron chi connectivity index (χ3n) is 15.0. The monoisotopic (exact) mass is 702 g/mol. The summed E-state index contributed by atoms with van der Waals surface area (Å²) in [5.74, 6) is 4.29. The predicted octanol–water partition coefficient (Wildman–Crippen LogP) is 13.7. The molecule has 4 bridgehead atoms. The van der Waals surface area contributed by atoms with Crippen LogP contribution >= 0.6 is 0 Å². The zero-order chi connectivity index (χ0) is 42.2. The zero-order valence-electron chi connectivity index (χ0n) is 38.9. The molecule has 7 aliphatic rings. The van der Waals surface area contributed by atoms with E-state index in [2.05, 4.69) is 88.4 Å². The zero-order valence-corrected chi connectivity index (χ0v) is 31.9. The van der Waals surface area contributed by atoms with Gasteiger partial charge in [0.15, 0.2) is 0 Å². The molecule has 1 aliphatic heterocycles. The van der Waals surface area contributed by atoms with Crippen molar-refractivity contribution in [2.75, 3.05) is 4.90 Å². The summed E-state index contributed by atoms with van der Waals surface area (Å²) in [6.07, 6.45) is 8.26. The normalized spacial score (nSPS) is 30.2. The molecule has 268 valence electrons. The van der Waals surface area contributed by atoms with Crippen LogP contribution in [0.4, 0.5) is 17.1 Å². The third-order valence-corrected chi connectivity index (χ3v) is 15.0. The Balaban J connectivity index is 1.20. The molecule has 0 radical (unpaired) electrons. The van der Waals surface area contributed by atoms with Gasteiger partial charge in [0, 0.05) is 39.0 Å². The van der Waals surface area contributed by atoms with Crippen molar-refractivity contribution in [3.8, 4) is 22.6 Å². The number of benzene rings is 5. The fraction of sp³-hybridized carbons (Fsp3) is 0.412. The van der Waals surface area contributed by atoms with Gasteiger partial charge in [0.2, 0.25) is 0 Å². The summed E-state index contributed by atoms with van der Waals surface area (Å²) in [4.78, 5) is 2.04. The lowest BCUT2D eigenvalue weighted by Crippen LogP contribution is -2.57. The number of fused-ring (bicyclic) bond motifs is 6. The summed E-state index contributed by atoms with van der Waals surface area (Å²) in [5, 5.41) is 0. The van der Waals surface area contributed by atoms with Crippen LogP contribution in [0.5, 0.6) is 11.5 Å². The maximum Gasteiger partial charge on any atom is 0.131 e. The van der Waals surface area contributed by atoms with Crippen LogP contribution in [0.25, 0.3) is 11.1 Å². The van der Waals surface area contributed by atoms with Crippen molar-refractivity contribution < 1.29 is 14.3 Å². The second kappa shape index (κ2) is 10.7. The molecule has 1 heterocycles. The molecule has 1 spiro atoms. The molecule has 0 saturated heterocycles. The first kappa shape index (κ1) is 25.7. The van der Waals surface area contributed by atoms with Gasteiger partial charge in [0.1, 0.15) is 11.5 Å². The van der Waals surface area contributed by atoms with Crippen LogP contribution in [0.3, 0.4) is 0 Å². The van der Waals surface area contributed by atoms with E-state index in [4.69, 9.17) is 10.2 Å². The van der Waals surface area contributed by atoms with Crippen LogP contribution in [0.1, 0.15) is 129 Å². The molecular weight excluding hydrogens is 643 g/mol. The van der Waals surface area contributed by atoms with Crippen molar-refractivity contribution in [2.24, 2.45) is 23.7 Å². The highest BCUT2D eigenvalue weighted by molar-refractivity contribution is 5.86. The maximum absolute atomic E-state index is 10.2. The fourth-order valence-electron chi connectivity index (χ4n) is 12.4. The topological polar surface area (TPSA) is 12.5 Å². The van der Waals surface area contributed by atoms with Gasteiger partial charge in [-0.05, 0) is 161 Å². The number of nitrogens with zero attached hydrogens (tertiary/aromatic N) is 1. The van der Waals surface area contributed by atoms with E-state index in [0.29, 0.717) is 23.0 Å². The first-order valence-electron chi connectivity index (χ1n) is 23.5. The minimum absolute atomic E-state index is 0.0230. The molecule has 5 aromatic rings. The molecule has 6 aliphatic carbocycles. The van der Waals surface area contributed by atoms with E-state index in [1.165, 1.54) is 54.4 Å². The molecule has 5 aromatic carbocycles. The molecule has 0 aromatic heterocycles. The average Bonchev–Trinajstić information content (AvgIpc) is 3.47. The Morgan fingerprint density at radius 1 is 0.566 bits per heavy atom. The highest BCUT2D eigenvalue weighted by Crippen LogP contribution is 2.69. The van der Waals surface area contributed by atoms with Crippen molar-refractivity contribution in [3.63, 3.8) is 0 Å². The van der Waals surface area contributed by atoms with Gasteiger partial charge in [-0.3, -0.25) is 0 Å². The number of hydrogen-bond acceptors (Lipinski definition) is 2. The molecule has 0 atom stereocenters. The van der Waals surface area contributed by atoms with E-state index in [1.54, 1.807) is 0 Å². The van der Waals surface area contributed by atoms with Gasteiger partial charge < -0.3 is 9.64 Å². The lowest BCUT2D eigenvalue weighted by molar-refractivity contribution is -0.0452. The Kier molecular flexibility index (Phi) is 5.17. The molecular formula is C51H53NO. The summed E-state index contributed by atoms with van der Waals surface area (Å²) < 4.78 is 71.8. The Morgan fingerprint density at radius 2 is 1.19 bits per heavy atom. The van der Waals surface area contributed by atoms with Gasteiger partial charge in [0.25, 0.3) is 0 Å².